The highest BCUT2D eigenvalue weighted by Crippen LogP contribution is 2.23. The number of anilines is 3. The average molecular weight is 320 g/mol. The van der Waals surface area contributed by atoms with Crippen molar-refractivity contribution in [1.29, 1.82) is 0 Å². The van der Waals surface area contributed by atoms with Gasteiger partial charge in [-0.3, -0.25) is 0 Å². The van der Waals surface area contributed by atoms with Crippen molar-refractivity contribution in [3.8, 4) is 11.3 Å². The van der Waals surface area contributed by atoms with E-state index in [4.69, 9.17) is 0 Å². The van der Waals surface area contributed by atoms with Gasteiger partial charge in [0.1, 0.15) is 5.82 Å². The summed E-state index contributed by atoms with van der Waals surface area (Å²) < 4.78 is 0. The molecule has 24 heavy (non-hydrogen) atoms. The third-order valence-corrected chi connectivity index (χ3v) is 3.49. The molecule has 5 heteroatoms. The zero-order valence-electron chi connectivity index (χ0n) is 13.5. The van der Waals surface area contributed by atoms with E-state index in [1.807, 2.05) is 73.7 Å². The minimum atomic E-state index is -0.124. The van der Waals surface area contributed by atoms with Gasteiger partial charge < -0.3 is 15.7 Å². The molecule has 1 aromatic heterocycles. The average Bonchev–Trinajstić information content (AvgIpc) is 2.63. The number of hydrogen-bond donors (Lipinski definition) is 3. The molecule has 0 spiro atoms. The number of nitrogens with one attached hydrogen (secondary N) is 2. The molecule has 1 atom stereocenters. The van der Waals surface area contributed by atoms with Gasteiger partial charge in [0.2, 0.25) is 5.95 Å². The molecule has 2 aromatic carbocycles. The van der Waals surface area contributed by atoms with Crippen LogP contribution in [0.15, 0.2) is 66.7 Å². The van der Waals surface area contributed by atoms with Crippen LogP contribution in [0.1, 0.15) is 6.92 Å². The van der Waals surface area contributed by atoms with E-state index in [1.165, 1.54) is 0 Å². The maximum atomic E-state index is 9.25. The molecule has 0 radical (unpaired) electrons. The first-order valence-corrected chi connectivity index (χ1v) is 7.88. The lowest BCUT2D eigenvalue weighted by atomic mass is 10.1. The largest absolute Gasteiger partial charge is 0.394 e. The first-order chi connectivity index (χ1) is 11.7. The van der Waals surface area contributed by atoms with Gasteiger partial charge in [-0.2, -0.15) is 4.98 Å². The molecule has 122 valence electrons. The first-order valence-electron chi connectivity index (χ1n) is 7.88. The SMILES string of the molecule is C[C@@H](CO)Nc1nc(Nc2ccccc2)cc(-c2ccccc2)n1. The van der Waals surface area contributed by atoms with E-state index >= 15 is 0 Å². The molecule has 0 saturated heterocycles. The van der Waals surface area contributed by atoms with Crippen molar-refractivity contribution in [1.82, 2.24) is 9.97 Å². The number of aliphatic hydroxyl groups excluding tert-OH is 1. The molecule has 0 unspecified atom stereocenters. The van der Waals surface area contributed by atoms with Gasteiger partial charge in [-0.15, -0.1) is 0 Å². The quantitative estimate of drug-likeness (QED) is 0.646. The van der Waals surface area contributed by atoms with Crippen molar-refractivity contribution in [3.63, 3.8) is 0 Å². The standard InChI is InChI=1S/C19H20N4O/c1-14(13-24)20-19-22-17(15-8-4-2-5-9-15)12-18(23-19)21-16-10-6-3-7-11-16/h2-12,14,24H,13H2,1H3,(H2,20,21,22,23)/t14-/m0/s1. The van der Waals surface area contributed by atoms with E-state index in [1.54, 1.807) is 0 Å². The highest BCUT2D eigenvalue weighted by molar-refractivity contribution is 5.67. The predicted octanol–water partition coefficient (Wildman–Crippen LogP) is 3.68. The van der Waals surface area contributed by atoms with Crippen molar-refractivity contribution >= 4 is 17.5 Å². The van der Waals surface area contributed by atoms with Crippen LogP contribution in [-0.4, -0.2) is 27.7 Å². The summed E-state index contributed by atoms with van der Waals surface area (Å²) in [5.41, 5.74) is 2.78. The van der Waals surface area contributed by atoms with E-state index < -0.39 is 0 Å². The van der Waals surface area contributed by atoms with Gasteiger partial charge in [0, 0.05) is 23.4 Å². The van der Waals surface area contributed by atoms with Crippen LogP contribution in [-0.2, 0) is 0 Å². The van der Waals surface area contributed by atoms with Gasteiger partial charge in [-0.1, -0.05) is 48.5 Å². The van der Waals surface area contributed by atoms with Crippen LogP contribution in [0, 0.1) is 0 Å². The molecule has 0 aliphatic rings. The summed E-state index contributed by atoms with van der Waals surface area (Å²) in [5, 5.41) is 15.7. The fourth-order valence-corrected chi connectivity index (χ4v) is 2.27. The summed E-state index contributed by atoms with van der Waals surface area (Å²) in [6.45, 7) is 1.89. The molecule has 3 aromatic rings. The monoisotopic (exact) mass is 320 g/mol. The fraction of sp³-hybridized carbons (Fsp3) is 0.158. The van der Waals surface area contributed by atoms with Gasteiger partial charge in [-0.05, 0) is 19.1 Å². The second-order valence-corrected chi connectivity index (χ2v) is 5.55. The van der Waals surface area contributed by atoms with E-state index in [0.29, 0.717) is 11.8 Å². The molecular formula is C19H20N4O. The molecule has 0 fully saturated rings. The Morgan fingerprint density at radius 2 is 1.62 bits per heavy atom. The summed E-state index contributed by atoms with van der Waals surface area (Å²) in [5.74, 6) is 1.18. The molecule has 5 nitrogen and oxygen atoms in total. The van der Waals surface area contributed by atoms with E-state index in [-0.39, 0.29) is 12.6 Å². The van der Waals surface area contributed by atoms with Crippen LogP contribution in [0.3, 0.4) is 0 Å². The third kappa shape index (κ3) is 4.08. The maximum Gasteiger partial charge on any atom is 0.225 e. The van der Waals surface area contributed by atoms with E-state index in [9.17, 15) is 5.11 Å². The molecule has 0 saturated carbocycles. The number of hydrogen-bond acceptors (Lipinski definition) is 5. The number of benzene rings is 2. The lowest BCUT2D eigenvalue weighted by Crippen LogP contribution is -2.21. The molecule has 0 amide bonds. The first kappa shape index (κ1) is 16.0. The Morgan fingerprint density at radius 1 is 0.958 bits per heavy atom. The summed E-state index contributed by atoms with van der Waals surface area (Å²) in [6.07, 6.45) is 0. The summed E-state index contributed by atoms with van der Waals surface area (Å²) >= 11 is 0. The van der Waals surface area contributed by atoms with E-state index in [2.05, 4.69) is 20.6 Å². The minimum Gasteiger partial charge on any atom is -0.394 e. The van der Waals surface area contributed by atoms with Crippen molar-refractivity contribution in [2.24, 2.45) is 0 Å². The van der Waals surface area contributed by atoms with Gasteiger partial charge >= 0.3 is 0 Å². The van der Waals surface area contributed by atoms with Gasteiger partial charge in [0.05, 0.1) is 12.3 Å². The second kappa shape index (κ2) is 7.57. The van der Waals surface area contributed by atoms with Crippen LogP contribution in [0.5, 0.6) is 0 Å². The Balaban J connectivity index is 1.96. The molecular weight excluding hydrogens is 300 g/mol. The van der Waals surface area contributed by atoms with Gasteiger partial charge in [0.15, 0.2) is 0 Å². The zero-order chi connectivity index (χ0) is 16.8. The van der Waals surface area contributed by atoms with Gasteiger partial charge in [0.25, 0.3) is 0 Å². The Morgan fingerprint density at radius 3 is 2.29 bits per heavy atom. The Hall–Kier alpha value is -2.92. The number of rotatable bonds is 6. The second-order valence-electron chi connectivity index (χ2n) is 5.55. The van der Waals surface area contributed by atoms with Crippen LogP contribution in [0.4, 0.5) is 17.5 Å². The highest BCUT2D eigenvalue weighted by Gasteiger charge is 2.09. The third-order valence-electron chi connectivity index (χ3n) is 3.49. The normalized spacial score (nSPS) is 11.8. The topological polar surface area (TPSA) is 70.1 Å². The Bertz CT molecular complexity index is 778. The molecule has 0 bridgehead atoms. The highest BCUT2D eigenvalue weighted by atomic mass is 16.3. The molecule has 0 aliphatic carbocycles. The smallest absolute Gasteiger partial charge is 0.225 e. The van der Waals surface area contributed by atoms with Crippen molar-refractivity contribution in [2.75, 3.05) is 17.2 Å². The lowest BCUT2D eigenvalue weighted by molar-refractivity contribution is 0.281. The van der Waals surface area contributed by atoms with Crippen molar-refractivity contribution in [3.05, 3.63) is 66.7 Å². The molecule has 1 heterocycles. The van der Waals surface area contributed by atoms with E-state index in [0.717, 1.165) is 16.9 Å². The predicted molar refractivity (Wildman–Crippen MR) is 97.4 cm³/mol. The van der Waals surface area contributed by atoms with Crippen LogP contribution in [0.2, 0.25) is 0 Å². The maximum absolute atomic E-state index is 9.25. The fourth-order valence-electron chi connectivity index (χ4n) is 2.27. The van der Waals surface area contributed by atoms with Crippen LogP contribution < -0.4 is 10.6 Å². The number of aromatic nitrogens is 2. The number of aliphatic hydroxyl groups is 1. The Kier molecular flexibility index (Phi) is 5.03. The summed E-state index contributed by atoms with van der Waals surface area (Å²) in [7, 11) is 0. The molecule has 3 N–H and O–H groups in total. The summed E-state index contributed by atoms with van der Waals surface area (Å²) in [4.78, 5) is 9.06. The minimum absolute atomic E-state index is 0.0143. The number of para-hydroxylation sites is 1. The summed E-state index contributed by atoms with van der Waals surface area (Å²) in [6, 6.07) is 21.6. The Labute approximate surface area is 141 Å². The number of nitrogens with zero attached hydrogens (tertiary/aromatic N) is 2. The van der Waals surface area contributed by atoms with Gasteiger partial charge in [-0.25, -0.2) is 4.98 Å². The molecule has 3 rings (SSSR count). The lowest BCUT2D eigenvalue weighted by Gasteiger charge is -2.14. The van der Waals surface area contributed by atoms with Crippen molar-refractivity contribution < 1.29 is 5.11 Å². The van der Waals surface area contributed by atoms with Crippen LogP contribution in [0.25, 0.3) is 11.3 Å². The van der Waals surface area contributed by atoms with Crippen LogP contribution >= 0.6 is 0 Å². The zero-order valence-corrected chi connectivity index (χ0v) is 13.5. The van der Waals surface area contributed by atoms with Crippen molar-refractivity contribution in [2.45, 2.75) is 13.0 Å². The molecule has 0 aliphatic heterocycles.